The van der Waals surface area contributed by atoms with Crippen molar-refractivity contribution in [2.45, 2.75) is 38.8 Å². The number of hydrogen-bond acceptors (Lipinski definition) is 2. The lowest BCUT2D eigenvalue weighted by Crippen LogP contribution is -2.35. The van der Waals surface area contributed by atoms with E-state index in [4.69, 9.17) is 0 Å². The monoisotopic (exact) mass is 194 g/mol. The average Bonchev–Trinajstić information content (AvgIpc) is 2.54. The lowest BCUT2D eigenvalue weighted by molar-refractivity contribution is 0.0234. The van der Waals surface area contributed by atoms with Gasteiger partial charge in [0.05, 0.1) is 18.5 Å². The lowest BCUT2D eigenvalue weighted by Gasteiger charge is -2.37. The summed E-state index contributed by atoms with van der Waals surface area (Å²) in [6.07, 6.45) is 7.41. The first-order valence-corrected chi connectivity index (χ1v) is 5.34. The Morgan fingerprint density at radius 3 is 2.71 bits per heavy atom. The minimum atomic E-state index is -0.219. The van der Waals surface area contributed by atoms with Gasteiger partial charge in [-0.1, -0.05) is 13.8 Å². The molecule has 0 saturated heterocycles. The maximum atomic E-state index is 10.0. The minimum Gasteiger partial charge on any atom is -0.391 e. The maximum absolute atomic E-state index is 10.0. The average molecular weight is 194 g/mol. The molecule has 1 aliphatic carbocycles. The van der Waals surface area contributed by atoms with Gasteiger partial charge >= 0.3 is 0 Å². The molecule has 1 aliphatic rings. The van der Waals surface area contributed by atoms with Crippen LogP contribution in [0.25, 0.3) is 0 Å². The summed E-state index contributed by atoms with van der Waals surface area (Å²) in [7, 11) is 0. The van der Waals surface area contributed by atoms with Gasteiger partial charge in [-0.25, -0.2) is 4.98 Å². The molecular formula is C11H18N2O. The Morgan fingerprint density at radius 2 is 2.14 bits per heavy atom. The normalized spacial score (nSPS) is 38.5. The quantitative estimate of drug-likeness (QED) is 0.741. The maximum Gasteiger partial charge on any atom is 0.0949 e. The topological polar surface area (TPSA) is 38.0 Å². The molecule has 0 radical (unpaired) electrons. The van der Waals surface area contributed by atoms with Gasteiger partial charge in [-0.2, -0.15) is 0 Å². The van der Waals surface area contributed by atoms with Gasteiger partial charge in [-0.05, 0) is 24.7 Å². The summed E-state index contributed by atoms with van der Waals surface area (Å²) in [5.41, 5.74) is 0. The summed E-state index contributed by atoms with van der Waals surface area (Å²) in [6, 6.07) is 0.216. The number of aromatic nitrogens is 2. The highest BCUT2D eigenvalue weighted by Gasteiger charge is 2.33. The van der Waals surface area contributed by atoms with E-state index in [2.05, 4.69) is 18.8 Å². The summed E-state index contributed by atoms with van der Waals surface area (Å²) >= 11 is 0. The Bertz CT molecular complexity index is 271. The van der Waals surface area contributed by atoms with Crippen LogP contribution in [0.5, 0.6) is 0 Å². The van der Waals surface area contributed by atoms with Gasteiger partial charge in [0.25, 0.3) is 0 Å². The van der Waals surface area contributed by atoms with E-state index < -0.39 is 0 Å². The van der Waals surface area contributed by atoms with Gasteiger partial charge in [0.15, 0.2) is 0 Å². The van der Waals surface area contributed by atoms with Gasteiger partial charge in [0.1, 0.15) is 0 Å². The number of nitrogens with zero attached hydrogens (tertiary/aromatic N) is 2. The molecule has 2 rings (SSSR count). The number of imidazole rings is 1. The van der Waals surface area contributed by atoms with Crippen molar-refractivity contribution in [1.29, 1.82) is 0 Å². The SMILES string of the molecule is CC1CC(C)C(n2ccnc2)C(O)C1. The Morgan fingerprint density at radius 1 is 1.36 bits per heavy atom. The molecule has 14 heavy (non-hydrogen) atoms. The van der Waals surface area contributed by atoms with Gasteiger partial charge < -0.3 is 9.67 Å². The summed E-state index contributed by atoms with van der Waals surface area (Å²) < 4.78 is 2.04. The Labute approximate surface area is 84.8 Å². The summed E-state index contributed by atoms with van der Waals surface area (Å²) in [5, 5.41) is 10.0. The van der Waals surface area contributed by atoms with Gasteiger partial charge in [0.2, 0.25) is 0 Å². The van der Waals surface area contributed by atoms with E-state index in [0.717, 1.165) is 6.42 Å². The predicted octanol–water partition coefficient (Wildman–Crippen LogP) is 1.85. The van der Waals surface area contributed by atoms with E-state index in [1.165, 1.54) is 6.42 Å². The smallest absolute Gasteiger partial charge is 0.0949 e. The molecule has 3 heteroatoms. The van der Waals surface area contributed by atoms with Crippen LogP contribution in [0.1, 0.15) is 32.7 Å². The minimum absolute atomic E-state index is 0.216. The highest BCUT2D eigenvalue weighted by molar-refractivity contribution is 4.91. The van der Waals surface area contributed by atoms with Crippen molar-refractivity contribution in [2.75, 3.05) is 0 Å². The molecule has 0 aliphatic heterocycles. The van der Waals surface area contributed by atoms with Crippen LogP contribution in [-0.4, -0.2) is 20.8 Å². The molecule has 4 unspecified atom stereocenters. The van der Waals surface area contributed by atoms with E-state index in [1.54, 1.807) is 12.5 Å². The van der Waals surface area contributed by atoms with Crippen molar-refractivity contribution in [3.63, 3.8) is 0 Å². The molecule has 0 spiro atoms. The van der Waals surface area contributed by atoms with E-state index in [0.29, 0.717) is 11.8 Å². The fraction of sp³-hybridized carbons (Fsp3) is 0.727. The largest absolute Gasteiger partial charge is 0.391 e. The number of aliphatic hydroxyl groups is 1. The lowest BCUT2D eigenvalue weighted by atomic mass is 9.78. The summed E-state index contributed by atoms with van der Waals surface area (Å²) in [4.78, 5) is 4.04. The predicted molar refractivity (Wildman–Crippen MR) is 54.8 cm³/mol. The molecule has 4 atom stereocenters. The van der Waals surface area contributed by atoms with E-state index in [-0.39, 0.29) is 12.1 Å². The Balaban J connectivity index is 2.18. The fourth-order valence-electron chi connectivity index (χ4n) is 2.74. The van der Waals surface area contributed by atoms with Crippen LogP contribution >= 0.6 is 0 Å². The van der Waals surface area contributed by atoms with Crippen LogP contribution in [0.2, 0.25) is 0 Å². The molecule has 1 saturated carbocycles. The molecule has 1 aromatic heterocycles. The molecule has 1 aromatic rings. The van der Waals surface area contributed by atoms with Crippen molar-refractivity contribution in [1.82, 2.24) is 9.55 Å². The second kappa shape index (κ2) is 3.73. The summed E-state index contributed by atoms with van der Waals surface area (Å²) in [6.45, 7) is 4.42. The third-order valence-corrected chi connectivity index (χ3v) is 3.26. The Kier molecular flexibility index (Phi) is 2.59. The highest BCUT2D eigenvalue weighted by Crippen LogP contribution is 2.36. The fourth-order valence-corrected chi connectivity index (χ4v) is 2.74. The first-order chi connectivity index (χ1) is 6.68. The molecule has 0 bridgehead atoms. The van der Waals surface area contributed by atoms with Crippen LogP contribution in [0, 0.1) is 11.8 Å². The van der Waals surface area contributed by atoms with Crippen molar-refractivity contribution < 1.29 is 5.11 Å². The van der Waals surface area contributed by atoms with Crippen molar-refractivity contribution >= 4 is 0 Å². The summed E-state index contributed by atoms with van der Waals surface area (Å²) in [5.74, 6) is 1.17. The van der Waals surface area contributed by atoms with Crippen LogP contribution in [0.15, 0.2) is 18.7 Å². The van der Waals surface area contributed by atoms with E-state index in [1.807, 2.05) is 10.8 Å². The first kappa shape index (κ1) is 9.71. The molecule has 0 aromatic carbocycles. The van der Waals surface area contributed by atoms with Crippen molar-refractivity contribution in [2.24, 2.45) is 11.8 Å². The van der Waals surface area contributed by atoms with E-state index in [9.17, 15) is 5.11 Å². The Hall–Kier alpha value is -0.830. The third-order valence-electron chi connectivity index (χ3n) is 3.26. The van der Waals surface area contributed by atoms with Gasteiger partial charge in [-0.15, -0.1) is 0 Å². The van der Waals surface area contributed by atoms with Crippen molar-refractivity contribution in [3.8, 4) is 0 Å². The second-order valence-corrected chi connectivity index (χ2v) is 4.62. The van der Waals surface area contributed by atoms with E-state index >= 15 is 0 Å². The molecular weight excluding hydrogens is 176 g/mol. The van der Waals surface area contributed by atoms with Crippen LogP contribution in [0.3, 0.4) is 0 Å². The second-order valence-electron chi connectivity index (χ2n) is 4.62. The molecule has 0 amide bonds. The standard InChI is InChI=1S/C11H18N2O/c1-8-5-9(2)11(10(14)6-8)13-4-3-12-7-13/h3-4,7-11,14H,5-6H2,1-2H3. The molecule has 1 N–H and O–H groups in total. The molecule has 3 nitrogen and oxygen atoms in total. The number of aliphatic hydroxyl groups excluding tert-OH is 1. The van der Waals surface area contributed by atoms with Gasteiger partial charge in [0, 0.05) is 12.4 Å². The van der Waals surface area contributed by atoms with Crippen LogP contribution in [-0.2, 0) is 0 Å². The van der Waals surface area contributed by atoms with Crippen molar-refractivity contribution in [3.05, 3.63) is 18.7 Å². The highest BCUT2D eigenvalue weighted by atomic mass is 16.3. The molecule has 1 fully saturated rings. The first-order valence-electron chi connectivity index (χ1n) is 5.34. The zero-order chi connectivity index (χ0) is 10.1. The van der Waals surface area contributed by atoms with Gasteiger partial charge in [-0.3, -0.25) is 0 Å². The zero-order valence-electron chi connectivity index (χ0n) is 8.80. The van der Waals surface area contributed by atoms with Crippen LogP contribution in [0.4, 0.5) is 0 Å². The zero-order valence-corrected chi connectivity index (χ0v) is 8.80. The number of rotatable bonds is 1. The number of hydrogen-bond donors (Lipinski definition) is 1. The molecule has 78 valence electrons. The van der Waals surface area contributed by atoms with Crippen LogP contribution < -0.4 is 0 Å². The molecule has 1 heterocycles. The third kappa shape index (κ3) is 1.69.